The summed E-state index contributed by atoms with van der Waals surface area (Å²) in [4.78, 5) is 11.7. The van der Waals surface area contributed by atoms with E-state index in [1.165, 1.54) is 6.07 Å². The molecule has 4 heteroatoms. The van der Waals surface area contributed by atoms with Crippen molar-refractivity contribution in [3.05, 3.63) is 34.6 Å². The molecule has 0 saturated carbocycles. The Labute approximate surface area is 119 Å². The van der Waals surface area contributed by atoms with Crippen LogP contribution in [-0.4, -0.2) is 18.9 Å². The van der Waals surface area contributed by atoms with E-state index in [4.69, 9.17) is 11.6 Å². The molecule has 0 radical (unpaired) electrons. The number of Topliss-reactive ketones (excluding diaryl/α,β-unsaturated/α-hetero) is 1. The summed E-state index contributed by atoms with van der Waals surface area (Å²) < 4.78 is 13.6. The summed E-state index contributed by atoms with van der Waals surface area (Å²) in [6, 6.07) is 4.87. The van der Waals surface area contributed by atoms with Crippen LogP contribution in [0.2, 0.25) is 5.02 Å². The van der Waals surface area contributed by atoms with Crippen molar-refractivity contribution < 1.29 is 9.18 Å². The number of hydrogen-bond acceptors (Lipinski definition) is 2. The molecule has 2 nitrogen and oxygen atoms in total. The highest BCUT2D eigenvalue weighted by atomic mass is 35.5. The number of ketones is 1. The topological polar surface area (TPSA) is 29.1 Å². The smallest absolute Gasteiger partial charge is 0.146 e. The van der Waals surface area contributed by atoms with E-state index >= 15 is 0 Å². The molecule has 0 saturated heterocycles. The molecule has 0 aliphatic heterocycles. The molecule has 0 unspecified atom stereocenters. The molecule has 0 spiro atoms. The normalized spacial score (nSPS) is 11.6. The van der Waals surface area contributed by atoms with Crippen molar-refractivity contribution >= 4 is 17.4 Å². The number of benzene rings is 1. The first-order valence-electron chi connectivity index (χ1n) is 6.45. The van der Waals surface area contributed by atoms with E-state index in [1.807, 2.05) is 0 Å². The Bertz CT molecular complexity index is 440. The minimum atomic E-state index is -0.417. The van der Waals surface area contributed by atoms with Crippen LogP contribution in [0.15, 0.2) is 18.2 Å². The third-order valence-electron chi connectivity index (χ3n) is 2.68. The first kappa shape index (κ1) is 16.1. The molecule has 0 atom stereocenters. The second-order valence-electron chi connectivity index (χ2n) is 5.92. The summed E-state index contributed by atoms with van der Waals surface area (Å²) in [5, 5.41) is 3.23. The number of rotatable bonds is 6. The van der Waals surface area contributed by atoms with E-state index in [2.05, 4.69) is 26.1 Å². The highest BCUT2D eigenvalue weighted by molar-refractivity contribution is 6.30. The molecule has 0 amide bonds. The van der Waals surface area contributed by atoms with Gasteiger partial charge >= 0.3 is 0 Å². The number of carbonyl (C=O) groups is 1. The fourth-order valence-electron chi connectivity index (χ4n) is 1.68. The average molecular weight is 286 g/mol. The van der Waals surface area contributed by atoms with Crippen molar-refractivity contribution in [3.63, 3.8) is 0 Å². The van der Waals surface area contributed by atoms with Crippen molar-refractivity contribution in [2.75, 3.05) is 13.1 Å². The maximum absolute atomic E-state index is 13.6. The maximum Gasteiger partial charge on any atom is 0.146 e. The van der Waals surface area contributed by atoms with E-state index in [9.17, 15) is 9.18 Å². The van der Waals surface area contributed by atoms with Crippen LogP contribution in [-0.2, 0) is 11.2 Å². The van der Waals surface area contributed by atoms with E-state index in [-0.39, 0.29) is 16.2 Å². The Morgan fingerprint density at radius 2 is 2.05 bits per heavy atom. The van der Waals surface area contributed by atoms with Gasteiger partial charge in [0.05, 0.1) is 11.6 Å². The van der Waals surface area contributed by atoms with Gasteiger partial charge in [0.2, 0.25) is 0 Å². The minimum absolute atomic E-state index is 0.0867. The van der Waals surface area contributed by atoms with Crippen LogP contribution in [0.25, 0.3) is 0 Å². The van der Waals surface area contributed by atoms with Crippen LogP contribution in [0, 0.1) is 11.2 Å². The number of halogens is 2. The number of hydrogen-bond donors (Lipinski definition) is 1. The second kappa shape index (κ2) is 7.01. The Hall–Kier alpha value is -0.930. The molecule has 0 aliphatic carbocycles. The lowest BCUT2D eigenvalue weighted by Crippen LogP contribution is -2.31. The molecular weight excluding hydrogens is 265 g/mol. The van der Waals surface area contributed by atoms with Gasteiger partial charge in [-0.15, -0.1) is 0 Å². The van der Waals surface area contributed by atoms with Gasteiger partial charge in [-0.05, 0) is 23.5 Å². The predicted octanol–water partition coefficient (Wildman–Crippen LogP) is 3.62. The minimum Gasteiger partial charge on any atom is -0.309 e. The van der Waals surface area contributed by atoms with Crippen molar-refractivity contribution in [3.8, 4) is 0 Å². The third kappa shape index (κ3) is 6.17. The monoisotopic (exact) mass is 285 g/mol. The van der Waals surface area contributed by atoms with E-state index in [0.29, 0.717) is 24.9 Å². The summed E-state index contributed by atoms with van der Waals surface area (Å²) in [6.45, 7) is 7.42. The molecule has 0 aromatic heterocycles. The highest BCUT2D eigenvalue weighted by Gasteiger charge is 2.11. The molecule has 0 bridgehead atoms. The van der Waals surface area contributed by atoms with Crippen molar-refractivity contribution in [1.29, 1.82) is 0 Å². The van der Waals surface area contributed by atoms with Gasteiger partial charge in [-0.3, -0.25) is 4.79 Å². The van der Waals surface area contributed by atoms with Crippen molar-refractivity contribution in [2.45, 2.75) is 33.6 Å². The molecule has 0 heterocycles. The van der Waals surface area contributed by atoms with Crippen LogP contribution in [0.1, 0.15) is 32.8 Å². The lowest BCUT2D eigenvalue weighted by atomic mass is 9.97. The molecule has 106 valence electrons. The first-order valence-corrected chi connectivity index (χ1v) is 6.83. The largest absolute Gasteiger partial charge is 0.309 e. The van der Waals surface area contributed by atoms with Gasteiger partial charge in [-0.1, -0.05) is 44.5 Å². The molecule has 1 N–H and O–H groups in total. The van der Waals surface area contributed by atoms with Gasteiger partial charge in [-0.2, -0.15) is 0 Å². The van der Waals surface area contributed by atoms with E-state index in [1.54, 1.807) is 12.1 Å². The van der Waals surface area contributed by atoms with Gasteiger partial charge in [-0.25, -0.2) is 4.39 Å². The summed E-state index contributed by atoms with van der Waals surface area (Å²) >= 11 is 5.69. The number of carbonyl (C=O) groups excluding carboxylic acids is 1. The fourth-order valence-corrected chi connectivity index (χ4v) is 1.88. The van der Waals surface area contributed by atoms with E-state index in [0.717, 1.165) is 6.54 Å². The van der Waals surface area contributed by atoms with Crippen molar-refractivity contribution in [2.24, 2.45) is 5.41 Å². The zero-order valence-electron chi connectivity index (χ0n) is 11.7. The molecule has 1 aromatic carbocycles. The Balaban J connectivity index is 2.36. The lowest BCUT2D eigenvalue weighted by molar-refractivity contribution is -0.118. The van der Waals surface area contributed by atoms with Gasteiger partial charge in [0.25, 0.3) is 0 Å². The van der Waals surface area contributed by atoms with Gasteiger partial charge in [0, 0.05) is 13.0 Å². The standard InChI is InChI=1S/C15H21ClFNO/c1-15(2,3)10-18-9-12(19)8-7-11-5-4-6-13(16)14(11)17/h4-6,18H,7-10H2,1-3H3. The Kier molecular flexibility index (Phi) is 5.95. The summed E-state index contributed by atoms with van der Waals surface area (Å²) in [6.07, 6.45) is 0.719. The van der Waals surface area contributed by atoms with Gasteiger partial charge in [0.15, 0.2) is 0 Å². The summed E-state index contributed by atoms with van der Waals surface area (Å²) in [7, 11) is 0. The Morgan fingerprint density at radius 3 is 2.68 bits per heavy atom. The second-order valence-corrected chi connectivity index (χ2v) is 6.32. The Morgan fingerprint density at radius 1 is 1.37 bits per heavy atom. The molecule has 0 aliphatic rings. The third-order valence-corrected chi connectivity index (χ3v) is 2.97. The molecule has 1 aromatic rings. The zero-order chi connectivity index (χ0) is 14.5. The van der Waals surface area contributed by atoms with Gasteiger partial charge in [0.1, 0.15) is 11.6 Å². The first-order chi connectivity index (χ1) is 8.79. The van der Waals surface area contributed by atoms with Crippen molar-refractivity contribution in [1.82, 2.24) is 5.32 Å². The van der Waals surface area contributed by atoms with Crippen LogP contribution in [0.5, 0.6) is 0 Å². The molecular formula is C15H21ClFNO. The predicted molar refractivity (Wildman–Crippen MR) is 77.1 cm³/mol. The molecule has 19 heavy (non-hydrogen) atoms. The molecule has 1 rings (SSSR count). The van der Waals surface area contributed by atoms with E-state index < -0.39 is 5.82 Å². The van der Waals surface area contributed by atoms with Gasteiger partial charge < -0.3 is 5.32 Å². The lowest BCUT2D eigenvalue weighted by Gasteiger charge is -2.18. The summed E-state index contributed by atoms with van der Waals surface area (Å²) in [5.74, 6) is -0.330. The van der Waals surface area contributed by atoms with Crippen LogP contribution in [0.4, 0.5) is 4.39 Å². The zero-order valence-corrected chi connectivity index (χ0v) is 12.5. The maximum atomic E-state index is 13.6. The van der Waals surface area contributed by atoms with Crippen LogP contribution >= 0.6 is 11.6 Å². The summed E-state index contributed by atoms with van der Waals surface area (Å²) in [5.41, 5.74) is 0.649. The number of aryl methyl sites for hydroxylation is 1. The van der Waals surface area contributed by atoms with Crippen LogP contribution < -0.4 is 5.32 Å². The molecule has 0 fully saturated rings. The average Bonchev–Trinajstić information content (AvgIpc) is 2.29. The number of nitrogens with one attached hydrogen (secondary N) is 1. The quantitative estimate of drug-likeness (QED) is 0.865. The SMILES string of the molecule is CC(C)(C)CNCC(=O)CCc1cccc(Cl)c1F. The fraction of sp³-hybridized carbons (Fsp3) is 0.533. The highest BCUT2D eigenvalue weighted by Crippen LogP contribution is 2.19. The van der Waals surface area contributed by atoms with Crippen LogP contribution in [0.3, 0.4) is 0 Å².